The van der Waals surface area contributed by atoms with Gasteiger partial charge in [0.2, 0.25) is 10.0 Å². The van der Waals surface area contributed by atoms with Gasteiger partial charge in [0.1, 0.15) is 12.4 Å². The summed E-state index contributed by atoms with van der Waals surface area (Å²) in [6.07, 6.45) is -4.48. The van der Waals surface area contributed by atoms with E-state index in [0.29, 0.717) is 10.5 Å². The van der Waals surface area contributed by atoms with E-state index in [1.807, 2.05) is 0 Å². The van der Waals surface area contributed by atoms with Crippen molar-refractivity contribution in [2.45, 2.75) is 30.6 Å². The number of rotatable bonds is 5. The lowest BCUT2D eigenvalue weighted by molar-refractivity contribution is -0.140. The summed E-state index contributed by atoms with van der Waals surface area (Å²) in [5.74, 6) is -0.0222. The lowest BCUT2D eigenvalue weighted by Crippen LogP contribution is -2.30. The molecule has 0 saturated heterocycles. The second kappa shape index (κ2) is 7.14. The first-order valence-electron chi connectivity index (χ1n) is 7.87. The number of hydrogen-bond acceptors (Lipinski definition) is 3. The monoisotopic (exact) mass is 417 g/mol. The third kappa shape index (κ3) is 4.42. The summed E-state index contributed by atoms with van der Waals surface area (Å²) >= 11 is 5.76. The molecule has 1 unspecified atom stereocenters. The van der Waals surface area contributed by atoms with Gasteiger partial charge in [-0.2, -0.15) is 13.2 Å². The number of aromatic nitrogens is 2. The largest absolute Gasteiger partial charge is 0.406 e. The number of nitrogens with zero attached hydrogens (tertiary/aromatic N) is 2. The Bertz CT molecular complexity index is 1060. The second-order valence-electron chi connectivity index (χ2n) is 5.96. The molecule has 0 fully saturated rings. The molecule has 27 heavy (non-hydrogen) atoms. The van der Waals surface area contributed by atoms with Crippen molar-refractivity contribution in [3.05, 3.63) is 59.4 Å². The fourth-order valence-electron chi connectivity index (χ4n) is 2.74. The topological polar surface area (TPSA) is 64.0 Å². The van der Waals surface area contributed by atoms with Gasteiger partial charge in [-0.05, 0) is 43.3 Å². The fourth-order valence-corrected chi connectivity index (χ4v) is 4.06. The number of alkyl halides is 3. The molecule has 0 radical (unpaired) electrons. The number of fused-ring (bicyclic) bond motifs is 1. The summed E-state index contributed by atoms with van der Waals surface area (Å²) in [5, 5.41) is 0.369. The van der Waals surface area contributed by atoms with Crippen molar-refractivity contribution in [3.63, 3.8) is 0 Å². The Kier molecular flexibility index (Phi) is 5.20. The Hall–Kier alpha value is -2.10. The van der Waals surface area contributed by atoms with E-state index in [1.165, 1.54) is 37.3 Å². The average Bonchev–Trinajstić information content (AvgIpc) is 2.92. The molecule has 1 aromatic heterocycles. The van der Waals surface area contributed by atoms with E-state index >= 15 is 0 Å². The number of halogens is 4. The molecule has 0 bridgehead atoms. The first-order valence-corrected chi connectivity index (χ1v) is 9.73. The SMILES string of the molecule is CC(NS(=O)(=O)c1ccc(Cl)cc1)c1nc2ccccc2n1CC(F)(F)F. The van der Waals surface area contributed by atoms with E-state index in [9.17, 15) is 21.6 Å². The molecule has 0 amide bonds. The van der Waals surface area contributed by atoms with E-state index in [4.69, 9.17) is 11.6 Å². The number of benzene rings is 2. The summed E-state index contributed by atoms with van der Waals surface area (Å²) in [6.45, 7) is 0.178. The van der Waals surface area contributed by atoms with Crippen LogP contribution >= 0.6 is 11.6 Å². The van der Waals surface area contributed by atoms with Crippen LogP contribution < -0.4 is 4.72 Å². The molecule has 1 atom stereocenters. The van der Waals surface area contributed by atoms with Crippen LogP contribution in [0.1, 0.15) is 18.8 Å². The molecular formula is C17H15ClF3N3O2S. The lowest BCUT2D eigenvalue weighted by atomic mass is 10.3. The van der Waals surface area contributed by atoms with Gasteiger partial charge < -0.3 is 4.57 Å². The van der Waals surface area contributed by atoms with Crippen LogP contribution in [0.3, 0.4) is 0 Å². The average molecular weight is 418 g/mol. The van der Waals surface area contributed by atoms with E-state index < -0.39 is 28.8 Å². The number of sulfonamides is 1. The smallest absolute Gasteiger partial charge is 0.317 e. The molecule has 0 spiro atoms. The highest BCUT2D eigenvalue weighted by molar-refractivity contribution is 7.89. The predicted molar refractivity (Wildman–Crippen MR) is 96.0 cm³/mol. The predicted octanol–water partition coefficient (Wildman–Crippen LogP) is 4.29. The molecular weight excluding hydrogens is 403 g/mol. The minimum atomic E-state index is -4.48. The molecule has 2 aromatic carbocycles. The summed E-state index contributed by atoms with van der Waals surface area (Å²) in [5.41, 5.74) is 0.636. The summed E-state index contributed by atoms with van der Waals surface area (Å²) in [7, 11) is -3.97. The van der Waals surface area contributed by atoms with Crippen LogP contribution in [0.4, 0.5) is 13.2 Å². The van der Waals surface area contributed by atoms with Crippen molar-refractivity contribution < 1.29 is 21.6 Å². The van der Waals surface area contributed by atoms with Gasteiger partial charge in [-0.1, -0.05) is 23.7 Å². The van der Waals surface area contributed by atoms with E-state index in [0.717, 1.165) is 4.57 Å². The van der Waals surface area contributed by atoms with Crippen molar-refractivity contribution in [2.75, 3.05) is 0 Å². The fraction of sp³-hybridized carbons (Fsp3) is 0.235. The third-order valence-electron chi connectivity index (χ3n) is 3.86. The lowest BCUT2D eigenvalue weighted by Gasteiger charge is -2.17. The normalized spacial score (nSPS) is 13.8. The van der Waals surface area contributed by atoms with Gasteiger partial charge in [-0.25, -0.2) is 18.1 Å². The van der Waals surface area contributed by atoms with Crippen LogP contribution in [0.25, 0.3) is 11.0 Å². The first kappa shape index (κ1) is 19.7. The maximum atomic E-state index is 13.0. The van der Waals surface area contributed by atoms with E-state index in [-0.39, 0.29) is 16.2 Å². The number of imidazole rings is 1. The van der Waals surface area contributed by atoms with Gasteiger partial charge in [0.15, 0.2) is 0 Å². The first-order chi connectivity index (χ1) is 12.6. The molecule has 3 rings (SSSR count). The maximum Gasteiger partial charge on any atom is 0.406 e. The van der Waals surface area contributed by atoms with Crippen molar-refractivity contribution in [1.82, 2.24) is 14.3 Å². The molecule has 1 heterocycles. The summed E-state index contributed by atoms with van der Waals surface area (Å²) in [6, 6.07) is 10.8. The van der Waals surface area contributed by atoms with Crippen LogP contribution in [-0.2, 0) is 16.6 Å². The quantitative estimate of drug-likeness (QED) is 0.673. The summed E-state index contributed by atoms with van der Waals surface area (Å²) < 4.78 is 67.5. The van der Waals surface area contributed by atoms with Crippen molar-refractivity contribution in [2.24, 2.45) is 0 Å². The standard InChI is InChI=1S/C17H15ClF3N3O2S/c1-11(23-27(25,26)13-8-6-12(18)7-9-13)16-22-14-4-2-3-5-15(14)24(16)10-17(19,20)21/h2-9,11,23H,10H2,1H3. The highest BCUT2D eigenvalue weighted by Gasteiger charge is 2.32. The molecule has 1 N–H and O–H groups in total. The Morgan fingerprint density at radius 2 is 1.78 bits per heavy atom. The zero-order chi connectivity index (χ0) is 19.8. The molecule has 0 aliphatic rings. The molecule has 144 valence electrons. The Morgan fingerprint density at radius 1 is 1.15 bits per heavy atom. The molecule has 0 aliphatic carbocycles. The molecule has 0 aliphatic heterocycles. The zero-order valence-electron chi connectivity index (χ0n) is 14.0. The third-order valence-corrected chi connectivity index (χ3v) is 5.67. The summed E-state index contributed by atoms with van der Waals surface area (Å²) in [4.78, 5) is 4.16. The molecule has 3 aromatic rings. The maximum absolute atomic E-state index is 13.0. The van der Waals surface area contributed by atoms with Gasteiger partial charge in [0.25, 0.3) is 0 Å². The molecule has 5 nitrogen and oxygen atoms in total. The van der Waals surface area contributed by atoms with Crippen LogP contribution in [0.15, 0.2) is 53.4 Å². The minimum Gasteiger partial charge on any atom is -0.317 e. The number of hydrogen-bond donors (Lipinski definition) is 1. The number of para-hydroxylation sites is 2. The van der Waals surface area contributed by atoms with Crippen LogP contribution in [-0.4, -0.2) is 24.1 Å². The highest BCUT2D eigenvalue weighted by Crippen LogP contribution is 2.27. The Balaban J connectivity index is 1.99. The van der Waals surface area contributed by atoms with Crippen molar-refractivity contribution >= 4 is 32.7 Å². The zero-order valence-corrected chi connectivity index (χ0v) is 15.6. The van der Waals surface area contributed by atoms with Gasteiger partial charge in [0.05, 0.1) is 22.0 Å². The van der Waals surface area contributed by atoms with E-state index in [1.54, 1.807) is 18.2 Å². The van der Waals surface area contributed by atoms with E-state index in [2.05, 4.69) is 9.71 Å². The van der Waals surface area contributed by atoms with Gasteiger partial charge in [-0.15, -0.1) is 0 Å². The van der Waals surface area contributed by atoms with Crippen LogP contribution in [0, 0.1) is 0 Å². The van der Waals surface area contributed by atoms with Crippen LogP contribution in [0.5, 0.6) is 0 Å². The minimum absolute atomic E-state index is 0.0222. The van der Waals surface area contributed by atoms with Gasteiger partial charge >= 0.3 is 6.18 Å². The Morgan fingerprint density at radius 3 is 2.41 bits per heavy atom. The van der Waals surface area contributed by atoms with Crippen LogP contribution in [0.2, 0.25) is 5.02 Å². The second-order valence-corrected chi connectivity index (χ2v) is 8.11. The Labute approximate surface area is 158 Å². The number of nitrogens with one attached hydrogen (secondary N) is 1. The van der Waals surface area contributed by atoms with Gasteiger partial charge in [0, 0.05) is 5.02 Å². The van der Waals surface area contributed by atoms with Crippen molar-refractivity contribution in [1.29, 1.82) is 0 Å². The highest BCUT2D eigenvalue weighted by atomic mass is 35.5. The molecule has 0 saturated carbocycles. The molecule has 10 heteroatoms. The van der Waals surface area contributed by atoms with Gasteiger partial charge in [-0.3, -0.25) is 0 Å². The van der Waals surface area contributed by atoms with Crippen molar-refractivity contribution in [3.8, 4) is 0 Å².